The molecule has 0 unspecified atom stereocenters. The van der Waals surface area contributed by atoms with Gasteiger partial charge in [0.15, 0.2) is 5.82 Å². The van der Waals surface area contributed by atoms with Crippen LogP contribution in [0.1, 0.15) is 17.8 Å². The first kappa shape index (κ1) is 14.0. The molecule has 0 bridgehead atoms. The Kier molecular flexibility index (Phi) is 5.04. The van der Waals surface area contributed by atoms with Crippen LogP contribution in [-0.4, -0.2) is 21.7 Å². The summed E-state index contributed by atoms with van der Waals surface area (Å²) in [5.74, 6) is 5.95. The summed E-state index contributed by atoms with van der Waals surface area (Å²) >= 11 is 0. The molecule has 4 nitrogen and oxygen atoms in total. The summed E-state index contributed by atoms with van der Waals surface area (Å²) in [6.07, 6.45) is 3.58. The molecule has 0 aliphatic carbocycles. The Labute approximate surface area is 116 Å². The van der Waals surface area contributed by atoms with Crippen LogP contribution < -0.4 is 4.74 Å². The third-order valence-electron chi connectivity index (χ3n) is 2.33. The molecule has 0 amide bonds. The summed E-state index contributed by atoms with van der Waals surface area (Å²) in [4.78, 5) is 8.03. The van der Waals surface area contributed by atoms with E-state index in [1.807, 2.05) is 0 Å². The summed E-state index contributed by atoms with van der Waals surface area (Å²) in [7, 11) is 0. The van der Waals surface area contributed by atoms with Crippen molar-refractivity contribution in [2.45, 2.75) is 13.0 Å². The summed E-state index contributed by atoms with van der Waals surface area (Å²) in [5, 5.41) is 8.65. The van der Waals surface area contributed by atoms with E-state index in [-0.39, 0.29) is 13.2 Å². The second-order valence-corrected chi connectivity index (χ2v) is 3.90. The Bertz CT molecular complexity index is 621. The number of hydrogen-bond donors (Lipinski definition) is 1. The molecule has 0 saturated carbocycles. The van der Waals surface area contributed by atoms with Crippen LogP contribution in [0.2, 0.25) is 0 Å². The maximum absolute atomic E-state index is 13.4. The Hall–Kier alpha value is -2.45. The lowest BCUT2D eigenvalue weighted by Crippen LogP contribution is -2.00. The first-order valence-corrected chi connectivity index (χ1v) is 6.07. The molecule has 0 aliphatic heterocycles. The summed E-state index contributed by atoms with van der Waals surface area (Å²) in [6, 6.07) is 5.94. The number of hydrogen-bond acceptors (Lipinski definition) is 4. The number of halogens is 1. The maximum Gasteiger partial charge on any atom is 0.166 e. The monoisotopic (exact) mass is 272 g/mol. The Balaban J connectivity index is 2.06. The van der Waals surface area contributed by atoms with E-state index < -0.39 is 5.82 Å². The number of aromatic nitrogens is 2. The van der Waals surface area contributed by atoms with Crippen molar-refractivity contribution in [3.05, 3.63) is 53.9 Å². The first-order valence-electron chi connectivity index (χ1n) is 6.07. The zero-order valence-corrected chi connectivity index (χ0v) is 10.7. The highest BCUT2D eigenvalue weighted by Gasteiger charge is 2.02. The van der Waals surface area contributed by atoms with E-state index in [9.17, 15) is 4.39 Å². The van der Waals surface area contributed by atoms with Gasteiger partial charge >= 0.3 is 0 Å². The van der Waals surface area contributed by atoms with Crippen molar-refractivity contribution in [2.24, 2.45) is 0 Å². The molecule has 0 spiro atoms. The normalized spacial score (nSPS) is 9.70. The predicted octanol–water partition coefficient (Wildman–Crippen LogP) is 1.93. The van der Waals surface area contributed by atoms with Crippen LogP contribution >= 0.6 is 0 Å². The summed E-state index contributed by atoms with van der Waals surface area (Å²) < 4.78 is 18.9. The smallest absolute Gasteiger partial charge is 0.166 e. The van der Waals surface area contributed by atoms with Crippen molar-refractivity contribution in [2.75, 3.05) is 6.61 Å². The lowest BCUT2D eigenvalue weighted by molar-refractivity contribution is 0.294. The molecule has 102 valence electrons. The fourth-order valence-corrected chi connectivity index (χ4v) is 1.49. The van der Waals surface area contributed by atoms with Gasteiger partial charge in [-0.25, -0.2) is 14.4 Å². The zero-order chi connectivity index (χ0) is 14.2. The lowest BCUT2D eigenvalue weighted by Gasteiger charge is -2.05. The SMILES string of the molecule is OCCC#Cc1cc(F)cc(OCc2ncccn2)c1. The van der Waals surface area contributed by atoms with E-state index in [1.165, 1.54) is 12.1 Å². The van der Waals surface area contributed by atoms with Gasteiger partial charge in [0.2, 0.25) is 0 Å². The highest BCUT2D eigenvalue weighted by Crippen LogP contribution is 2.16. The molecule has 1 aromatic carbocycles. The molecule has 0 atom stereocenters. The van der Waals surface area contributed by atoms with Gasteiger partial charge in [-0.2, -0.15) is 0 Å². The van der Waals surface area contributed by atoms with E-state index in [1.54, 1.807) is 24.5 Å². The number of aliphatic hydroxyl groups is 1. The van der Waals surface area contributed by atoms with Crippen LogP contribution in [-0.2, 0) is 6.61 Å². The second-order valence-electron chi connectivity index (χ2n) is 3.90. The first-order chi connectivity index (χ1) is 9.78. The second kappa shape index (κ2) is 7.22. The van der Waals surface area contributed by atoms with Gasteiger partial charge in [0.05, 0.1) is 6.61 Å². The fourth-order valence-electron chi connectivity index (χ4n) is 1.49. The van der Waals surface area contributed by atoms with Crippen LogP contribution in [0.3, 0.4) is 0 Å². The average Bonchev–Trinajstić information content (AvgIpc) is 2.46. The highest BCUT2D eigenvalue weighted by atomic mass is 19.1. The van der Waals surface area contributed by atoms with Crippen molar-refractivity contribution in [3.63, 3.8) is 0 Å². The Morgan fingerprint density at radius 2 is 2.00 bits per heavy atom. The third-order valence-corrected chi connectivity index (χ3v) is 2.33. The van der Waals surface area contributed by atoms with Crippen LogP contribution in [0.25, 0.3) is 0 Å². The molecule has 0 fully saturated rings. The number of rotatable bonds is 4. The van der Waals surface area contributed by atoms with Crippen molar-refractivity contribution in [1.82, 2.24) is 9.97 Å². The average molecular weight is 272 g/mol. The summed E-state index contributed by atoms with van der Waals surface area (Å²) in [6.45, 7) is 0.144. The third kappa shape index (κ3) is 4.34. The molecule has 5 heteroatoms. The molecule has 2 rings (SSSR count). The maximum atomic E-state index is 13.4. The van der Waals surface area contributed by atoms with E-state index in [2.05, 4.69) is 21.8 Å². The largest absolute Gasteiger partial charge is 0.485 e. The number of nitrogens with zero attached hydrogens (tertiary/aromatic N) is 2. The van der Waals surface area contributed by atoms with Gasteiger partial charge in [-0.05, 0) is 18.2 Å². The van der Waals surface area contributed by atoms with Crippen molar-refractivity contribution in [3.8, 4) is 17.6 Å². The van der Waals surface area contributed by atoms with Gasteiger partial charge < -0.3 is 9.84 Å². The van der Waals surface area contributed by atoms with Crippen LogP contribution in [0.5, 0.6) is 5.75 Å². The van der Waals surface area contributed by atoms with E-state index in [4.69, 9.17) is 9.84 Å². The fraction of sp³-hybridized carbons (Fsp3) is 0.200. The minimum atomic E-state index is -0.426. The molecule has 1 heterocycles. The van der Waals surface area contributed by atoms with Gasteiger partial charge in [-0.3, -0.25) is 0 Å². The summed E-state index contributed by atoms with van der Waals surface area (Å²) in [5.41, 5.74) is 0.502. The topological polar surface area (TPSA) is 55.2 Å². The Morgan fingerprint density at radius 3 is 2.75 bits per heavy atom. The molecule has 0 radical (unpaired) electrons. The highest BCUT2D eigenvalue weighted by molar-refractivity contribution is 5.40. The molecule has 20 heavy (non-hydrogen) atoms. The van der Waals surface area contributed by atoms with Crippen LogP contribution in [0.4, 0.5) is 4.39 Å². The van der Waals surface area contributed by atoms with Crippen molar-refractivity contribution >= 4 is 0 Å². The van der Waals surface area contributed by atoms with E-state index in [0.29, 0.717) is 23.6 Å². The van der Waals surface area contributed by atoms with Crippen molar-refractivity contribution in [1.29, 1.82) is 0 Å². The molecule has 0 saturated heterocycles. The molecule has 1 N–H and O–H groups in total. The number of aliphatic hydroxyl groups excluding tert-OH is 1. The molecule has 0 aliphatic rings. The van der Waals surface area contributed by atoms with Gasteiger partial charge in [-0.1, -0.05) is 11.8 Å². The Morgan fingerprint density at radius 1 is 1.20 bits per heavy atom. The van der Waals surface area contributed by atoms with Gasteiger partial charge in [0, 0.05) is 30.4 Å². The van der Waals surface area contributed by atoms with Gasteiger partial charge in [0.1, 0.15) is 18.2 Å². The van der Waals surface area contributed by atoms with Gasteiger partial charge in [-0.15, -0.1) is 0 Å². The molecule has 1 aromatic heterocycles. The van der Waals surface area contributed by atoms with E-state index >= 15 is 0 Å². The molecular weight excluding hydrogens is 259 g/mol. The lowest BCUT2D eigenvalue weighted by atomic mass is 10.2. The minimum absolute atomic E-state index is 0.0168. The minimum Gasteiger partial charge on any atom is -0.485 e. The quantitative estimate of drug-likeness (QED) is 0.864. The van der Waals surface area contributed by atoms with E-state index in [0.717, 1.165) is 0 Å². The number of ether oxygens (including phenoxy) is 1. The van der Waals surface area contributed by atoms with Crippen molar-refractivity contribution < 1.29 is 14.2 Å². The van der Waals surface area contributed by atoms with Crippen LogP contribution in [0, 0.1) is 17.7 Å². The van der Waals surface area contributed by atoms with Crippen LogP contribution in [0.15, 0.2) is 36.7 Å². The van der Waals surface area contributed by atoms with Gasteiger partial charge in [0.25, 0.3) is 0 Å². The molecule has 2 aromatic rings. The zero-order valence-electron chi connectivity index (χ0n) is 10.7. The predicted molar refractivity (Wildman–Crippen MR) is 71.3 cm³/mol. The molecular formula is C15H13FN2O2. The number of benzene rings is 1. The standard InChI is InChI=1S/C15H13FN2O2/c16-13-8-12(4-1-2-7-19)9-14(10-13)20-11-15-17-5-3-6-18-15/h3,5-6,8-10,19H,2,7,11H2.